The van der Waals surface area contributed by atoms with Crippen LogP contribution in [0.4, 0.5) is 0 Å². The molecule has 0 aliphatic rings. The van der Waals surface area contributed by atoms with E-state index in [1.165, 1.54) is 0 Å². The van der Waals surface area contributed by atoms with Gasteiger partial charge in [0.1, 0.15) is 5.75 Å². The van der Waals surface area contributed by atoms with E-state index in [1.54, 1.807) is 18.2 Å². The van der Waals surface area contributed by atoms with Gasteiger partial charge in [-0.3, -0.25) is 0 Å². The van der Waals surface area contributed by atoms with Gasteiger partial charge in [-0.05, 0) is 30.7 Å². The molecule has 0 N–H and O–H groups in total. The van der Waals surface area contributed by atoms with Crippen LogP contribution in [0.15, 0.2) is 48.5 Å². The highest BCUT2D eigenvalue weighted by atomic mass is 35.5. The van der Waals surface area contributed by atoms with Gasteiger partial charge in [-0.2, -0.15) is 4.89 Å². The topological polar surface area (TPSA) is 27.7 Å². The van der Waals surface area contributed by atoms with E-state index in [1.807, 2.05) is 37.3 Å². The highest BCUT2D eigenvalue weighted by Gasteiger charge is 2.08. The molecule has 2 aromatic carbocycles. The van der Waals surface area contributed by atoms with Gasteiger partial charge in [0.15, 0.2) is 5.75 Å². The van der Waals surface area contributed by atoms with Crippen molar-refractivity contribution in [3.63, 3.8) is 0 Å². The summed E-state index contributed by atoms with van der Waals surface area (Å²) in [5.41, 5.74) is 0. The molecular formula is C15H15AlClO3. The molecule has 0 amide bonds. The van der Waals surface area contributed by atoms with Crippen LogP contribution in [0.1, 0.15) is 13.3 Å². The minimum absolute atomic E-state index is 0. The zero-order chi connectivity index (χ0) is 13.5. The molecule has 103 valence electrons. The minimum Gasteiger partial charge on any atom is -0.453 e. The summed E-state index contributed by atoms with van der Waals surface area (Å²) in [6.45, 7) is 2.53. The Bertz CT molecular complexity index is 520. The average molecular weight is 306 g/mol. The van der Waals surface area contributed by atoms with Gasteiger partial charge in [-0.1, -0.05) is 36.7 Å². The van der Waals surface area contributed by atoms with Crippen LogP contribution in [0.2, 0.25) is 5.02 Å². The number of rotatable bonds is 6. The highest BCUT2D eigenvalue weighted by Crippen LogP contribution is 2.34. The lowest BCUT2D eigenvalue weighted by Crippen LogP contribution is -1.99. The molecule has 0 atom stereocenters. The fourth-order valence-corrected chi connectivity index (χ4v) is 1.60. The number of halogens is 1. The number of benzene rings is 2. The van der Waals surface area contributed by atoms with Gasteiger partial charge in [0.05, 0.1) is 6.61 Å². The Labute approximate surface area is 134 Å². The Balaban J connectivity index is 0.00000200. The molecule has 0 aliphatic heterocycles. The predicted octanol–water partition coefficient (Wildman–Crippen LogP) is 4.47. The van der Waals surface area contributed by atoms with Crippen molar-refractivity contribution >= 4 is 29.0 Å². The second-order valence-corrected chi connectivity index (χ2v) is 4.35. The van der Waals surface area contributed by atoms with E-state index in [0.717, 1.165) is 6.42 Å². The maximum absolute atomic E-state index is 5.97. The van der Waals surface area contributed by atoms with Crippen molar-refractivity contribution in [1.82, 2.24) is 0 Å². The molecule has 3 radical (unpaired) electrons. The Morgan fingerprint density at radius 2 is 1.75 bits per heavy atom. The van der Waals surface area contributed by atoms with Crippen LogP contribution in [-0.2, 0) is 4.89 Å². The summed E-state index contributed by atoms with van der Waals surface area (Å²) in [5, 5.41) is 0.578. The second kappa shape index (κ2) is 8.89. The van der Waals surface area contributed by atoms with Gasteiger partial charge in [0, 0.05) is 28.5 Å². The van der Waals surface area contributed by atoms with E-state index in [2.05, 4.69) is 0 Å². The van der Waals surface area contributed by atoms with E-state index in [-0.39, 0.29) is 17.4 Å². The normalized spacial score (nSPS) is 9.70. The van der Waals surface area contributed by atoms with Crippen molar-refractivity contribution in [2.75, 3.05) is 6.61 Å². The van der Waals surface area contributed by atoms with Crippen molar-refractivity contribution < 1.29 is 14.5 Å². The minimum atomic E-state index is 0. The lowest BCUT2D eigenvalue weighted by Gasteiger charge is -2.11. The molecule has 0 aromatic heterocycles. The lowest BCUT2D eigenvalue weighted by molar-refractivity contribution is -0.207. The van der Waals surface area contributed by atoms with Crippen molar-refractivity contribution in [1.29, 1.82) is 0 Å². The molecule has 2 rings (SSSR count). The molecule has 0 saturated heterocycles. The van der Waals surface area contributed by atoms with Crippen LogP contribution < -0.4 is 9.62 Å². The Morgan fingerprint density at radius 1 is 1.00 bits per heavy atom. The van der Waals surface area contributed by atoms with Crippen LogP contribution in [0.3, 0.4) is 0 Å². The molecule has 0 saturated carbocycles. The summed E-state index contributed by atoms with van der Waals surface area (Å²) < 4.78 is 5.73. The average Bonchev–Trinajstić information content (AvgIpc) is 2.43. The van der Waals surface area contributed by atoms with E-state index < -0.39 is 0 Å². The number of para-hydroxylation sites is 1. The largest absolute Gasteiger partial charge is 0.453 e. The lowest BCUT2D eigenvalue weighted by atomic mass is 10.3. The first-order chi connectivity index (χ1) is 9.29. The zero-order valence-electron chi connectivity index (χ0n) is 11.2. The van der Waals surface area contributed by atoms with Crippen LogP contribution >= 0.6 is 11.6 Å². The SMILES string of the molecule is CCCOOc1ccc(Cl)cc1Oc1ccccc1.[Al]. The van der Waals surface area contributed by atoms with Crippen LogP contribution in [0.5, 0.6) is 17.2 Å². The summed E-state index contributed by atoms with van der Waals surface area (Å²) in [7, 11) is 0. The van der Waals surface area contributed by atoms with Crippen molar-refractivity contribution in [3.8, 4) is 17.2 Å². The zero-order valence-corrected chi connectivity index (χ0v) is 13.1. The highest BCUT2D eigenvalue weighted by molar-refractivity contribution is 6.30. The van der Waals surface area contributed by atoms with Gasteiger partial charge >= 0.3 is 0 Å². The second-order valence-electron chi connectivity index (χ2n) is 3.91. The number of hydrogen-bond acceptors (Lipinski definition) is 3. The molecule has 0 fully saturated rings. The van der Waals surface area contributed by atoms with Crippen LogP contribution in [-0.4, -0.2) is 24.0 Å². The first kappa shape index (κ1) is 16.9. The first-order valence-corrected chi connectivity index (χ1v) is 6.49. The van der Waals surface area contributed by atoms with Crippen molar-refractivity contribution in [3.05, 3.63) is 53.6 Å². The molecule has 0 unspecified atom stereocenters. The number of hydrogen-bond donors (Lipinski definition) is 0. The molecule has 0 bridgehead atoms. The number of ether oxygens (including phenoxy) is 1. The Kier molecular flexibility index (Phi) is 7.50. The maximum Gasteiger partial charge on any atom is 0.207 e. The molecule has 3 nitrogen and oxygen atoms in total. The van der Waals surface area contributed by atoms with Gasteiger partial charge in [-0.15, -0.1) is 0 Å². The quantitative estimate of drug-likeness (QED) is 0.341. The predicted molar refractivity (Wildman–Crippen MR) is 80.6 cm³/mol. The van der Waals surface area contributed by atoms with Crippen molar-refractivity contribution in [2.24, 2.45) is 0 Å². The summed E-state index contributed by atoms with van der Waals surface area (Å²) in [4.78, 5) is 10.3. The molecule has 0 aliphatic carbocycles. The van der Waals surface area contributed by atoms with E-state index in [9.17, 15) is 0 Å². The van der Waals surface area contributed by atoms with E-state index in [4.69, 9.17) is 26.1 Å². The fourth-order valence-electron chi connectivity index (χ4n) is 1.43. The maximum atomic E-state index is 5.97. The van der Waals surface area contributed by atoms with Crippen LogP contribution in [0.25, 0.3) is 0 Å². The molecule has 5 heteroatoms. The third-order valence-corrected chi connectivity index (χ3v) is 2.55. The fraction of sp³-hybridized carbons (Fsp3) is 0.200. The summed E-state index contributed by atoms with van der Waals surface area (Å²) >= 11 is 5.97. The summed E-state index contributed by atoms with van der Waals surface area (Å²) in [5.74, 6) is 1.74. The van der Waals surface area contributed by atoms with Crippen LogP contribution in [0, 0.1) is 0 Å². The van der Waals surface area contributed by atoms with Gasteiger partial charge in [-0.25, -0.2) is 0 Å². The smallest absolute Gasteiger partial charge is 0.207 e. The Hall–Kier alpha value is -1.18. The third kappa shape index (κ3) is 5.07. The monoisotopic (exact) mass is 305 g/mol. The third-order valence-electron chi connectivity index (χ3n) is 2.31. The van der Waals surface area contributed by atoms with E-state index in [0.29, 0.717) is 28.9 Å². The van der Waals surface area contributed by atoms with Gasteiger partial charge in [0.2, 0.25) is 5.75 Å². The molecule has 0 spiro atoms. The Morgan fingerprint density at radius 3 is 2.45 bits per heavy atom. The van der Waals surface area contributed by atoms with Gasteiger partial charge in [0.25, 0.3) is 0 Å². The van der Waals surface area contributed by atoms with Crippen molar-refractivity contribution in [2.45, 2.75) is 13.3 Å². The van der Waals surface area contributed by atoms with E-state index >= 15 is 0 Å². The summed E-state index contributed by atoms with van der Waals surface area (Å²) in [6, 6.07) is 14.6. The molecule has 0 heterocycles. The first-order valence-electron chi connectivity index (χ1n) is 6.11. The molecule has 2 aromatic rings. The summed E-state index contributed by atoms with van der Waals surface area (Å²) in [6.07, 6.45) is 0.877. The standard InChI is InChI=1S/C15H15ClO3.Al/c1-2-10-17-19-14-9-8-12(16)11-15(14)18-13-6-4-3-5-7-13;/h3-9,11H,2,10H2,1H3;. The molecule has 20 heavy (non-hydrogen) atoms. The molecular weight excluding hydrogens is 291 g/mol. The van der Waals surface area contributed by atoms with Gasteiger partial charge < -0.3 is 9.62 Å².